The molecule has 142 valence electrons. The molecular formula is C18H22Cl2N2O4. The van der Waals surface area contributed by atoms with E-state index in [-0.39, 0.29) is 12.5 Å². The molecule has 0 bridgehead atoms. The van der Waals surface area contributed by atoms with Crippen LogP contribution in [0.5, 0.6) is 0 Å². The summed E-state index contributed by atoms with van der Waals surface area (Å²) in [5.74, 6) is -1.34. The molecule has 2 N–H and O–H groups in total. The van der Waals surface area contributed by atoms with Gasteiger partial charge in [-0.25, -0.2) is 4.79 Å². The zero-order valence-electron chi connectivity index (χ0n) is 14.5. The summed E-state index contributed by atoms with van der Waals surface area (Å²) in [6, 6.07) is 4.40. The molecule has 1 fully saturated rings. The highest BCUT2D eigenvalue weighted by Gasteiger charge is 2.23. The third-order valence-corrected chi connectivity index (χ3v) is 4.95. The van der Waals surface area contributed by atoms with Crippen LogP contribution in [0.25, 0.3) is 0 Å². The van der Waals surface area contributed by atoms with Crippen LogP contribution < -0.4 is 10.6 Å². The maximum atomic E-state index is 12.0. The van der Waals surface area contributed by atoms with E-state index >= 15 is 0 Å². The second-order valence-corrected chi connectivity index (χ2v) is 7.12. The molecule has 0 heterocycles. The first kappa shape index (κ1) is 20.5. The van der Waals surface area contributed by atoms with Gasteiger partial charge in [0.15, 0.2) is 6.10 Å². The summed E-state index contributed by atoms with van der Waals surface area (Å²) < 4.78 is 5.07. The van der Waals surface area contributed by atoms with Crippen LogP contribution in [0.15, 0.2) is 18.2 Å². The van der Waals surface area contributed by atoms with Crippen molar-refractivity contribution in [2.45, 2.75) is 57.6 Å². The van der Waals surface area contributed by atoms with Gasteiger partial charge in [0.05, 0.1) is 6.42 Å². The molecule has 0 aliphatic heterocycles. The minimum Gasteiger partial charge on any atom is -0.452 e. The SMILES string of the molecule is C[C@H](OC(=O)Cc1c(Cl)cccc1Cl)C(=O)NC(=O)NC1CCCCC1. The van der Waals surface area contributed by atoms with E-state index in [2.05, 4.69) is 10.6 Å². The van der Waals surface area contributed by atoms with Crippen LogP contribution in [0, 0.1) is 0 Å². The van der Waals surface area contributed by atoms with Crippen molar-refractivity contribution in [2.75, 3.05) is 0 Å². The van der Waals surface area contributed by atoms with E-state index in [1.165, 1.54) is 13.3 Å². The molecule has 26 heavy (non-hydrogen) atoms. The van der Waals surface area contributed by atoms with E-state index in [4.69, 9.17) is 27.9 Å². The van der Waals surface area contributed by atoms with Gasteiger partial charge in [-0.1, -0.05) is 48.5 Å². The van der Waals surface area contributed by atoms with Crippen molar-refractivity contribution in [3.8, 4) is 0 Å². The fourth-order valence-corrected chi connectivity index (χ4v) is 3.35. The van der Waals surface area contributed by atoms with E-state index in [1.807, 2.05) is 0 Å². The average molecular weight is 401 g/mol. The third kappa shape index (κ3) is 6.18. The maximum absolute atomic E-state index is 12.0. The first-order valence-electron chi connectivity index (χ1n) is 8.60. The Balaban J connectivity index is 1.80. The summed E-state index contributed by atoms with van der Waals surface area (Å²) in [6.07, 6.45) is 3.84. The number of urea groups is 1. The van der Waals surface area contributed by atoms with Gasteiger partial charge in [-0.3, -0.25) is 14.9 Å². The van der Waals surface area contributed by atoms with Gasteiger partial charge in [0.25, 0.3) is 5.91 Å². The van der Waals surface area contributed by atoms with Crippen LogP contribution in [-0.2, 0) is 20.7 Å². The lowest BCUT2D eigenvalue weighted by molar-refractivity contribution is -0.153. The smallest absolute Gasteiger partial charge is 0.321 e. The number of rotatable bonds is 5. The zero-order chi connectivity index (χ0) is 19.1. The number of nitrogens with one attached hydrogen (secondary N) is 2. The fraction of sp³-hybridized carbons (Fsp3) is 0.500. The lowest BCUT2D eigenvalue weighted by atomic mass is 9.96. The summed E-state index contributed by atoms with van der Waals surface area (Å²) in [5, 5.41) is 5.66. The average Bonchev–Trinajstić information content (AvgIpc) is 2.59. The van der Waals surface area contributed by atoms with Gasteiger partial charge < -0.3 is 10.1 Å². The molecule has 1 atom stereocenters. The molecule has 0 aromatic heterocycles. The van der Waals surface area contributed by atoms with Crippen molar-refractivity contribution in [3.63, 3.8) is 0 Å². The second kappa shape index (κ2) is 9.78. The lowest BCUT2D eigenvalue weighted by Crippen LogP contribution is -2.48. The predicted molar refractivity (Wildman–Crippen MR) is 99.3 cm³/mol. The Morgan fingerprint density at radius 3 is 2.38 bits per heavy atom. The van der Waals surface area contributed by atoms with Gasteiger partial charge in [-0.15, -0.1) is 0 Å². The Morgan fingerprint density at radius 2 is 1.77 bits per heavy atom. The van der Waals surface area contributed by atoms with Crippen molar-refractivity contribution in [1.29, 1.82) is 0 Å². The van der Waals surface area contributed by atoms with Crippen LogP contribution in [-0.4, -0.2) is 30.1 Å². The van der Waals surface area contributed by atoms with Gasteiger partial charge in [0.1, 0.15) is 0 Å². The highest BCUT2D eigenvalue weighted by molar-refractivity contribution is 6.36. The molecular weight excluding hydrogens is 379 g/mol. The van der Waals surface area contributed by atoms with Gasteiger partial charge in [0.2, 0.25) is 0 Å². The normalized spacial score (nSPS) is 15.8. The van der Waals surface area contributed by atoms with E-state index in [0.717, 1.165) is 25.7 Å². The Kier molecular flexibility index (Phi) is 7.72. The number of imide groups is 1. The Labute approximate surface area is 162 Å². The second-order valence-electron chi connectivity index (χ2n) is 6.31. The van der Waals surface area contributed by atoms with Gasteiger partial charge in [-0.05, 0) is 31.9 Å². The number of esters is 1. The Hall–Kier alpha value is -1.79. The summed E-state index contributed by atoms with van der Waals surface area (Å²) >= 11 is 12.0. The Bertz CT molecular complexity index is 655. The topological polar surface area (TPSA) is 84.5 Å². The third-order valence-electron chi connectivity index (χ3n) is 4.24. The summed E-state index contributed by atoms with van der Waals surface area (Å²) in [4.78, 5) is 35.9. The van der Waals surface area contributed by atoms with E-state index in [1.54, 1.807) is 18.2 Å². The standard InChI is InChI=1S/C18H22Cl2N2O4/c1-11(17(24)22-18(25)21-12-6-3-2-4-7-12)26-16(23)10-13-14(19)8-5-9-15(13)20/h5,8-9,11-12H,2-4,6-7,10H2,1H3,(H2,21,22,24,25)/t11-/m0/s1. The summed E-state index contributed by atoms with van der Waals surface area (Å²) in [6.45, 7) is 1.40. The first-order chi connectivity index (χ1) is 12.4. The largest absolute Gasteiger partial charge is 0.452 e. The highest BCUT2D eigenvalue weighted by atomic mass is 35.5. The van der Waals surface area contributed by atoms with Crippen molar-refractivity contribution in [3.05, 3.63) is 33.8 Å². The van der Waals surface area contributed by atoms with Crippen LogP contribution in [0.1, 0.15) is 44.6 Å². The quantitative estimate of drug-likeness (QED) is 0.738. The molecule has 3 amide bonds. The molecule has 0 saturated heterocycles. The zero-order valence-corrected chi connectivity index (χ0v) is 16.0. The van der Waals surface area contributed by atoms with E-state index in [9.17, 15) is 14.4 Å². The number of benzene rings is 1. The van der Waals surface area contributed by atoms with Crippen LogP contribution in [0.4, 0.5) is 4.79 Å². The molecule has 1 aromatic rings. The number of hydrogen-bond acceptors (Lipinski definition) is 4. The minimum absolute atomic E-state index is 0.0803. The molecule has 8 heteroatoms. The maximum Gasteiger partial charge on any atom is 0.321 e. The molecule has 1 saturated carbocycles. The van der Waals surface area contributed by atoms with Gasteiger partial charge in [-0.2, -0.15) is 0 Å². The molecule has 0 unspecified atom stereocenters. The van der Waals surface area contributed by atoms with Gasteiger partial charge >= 0.3 is 12.0 Å². The molecule has 1 aromatic carbocycles. The lowest BCUT2D eigenvalue weighted by Gasteiger charge is -2.23. The van der Waals surface area contributed by atoms with Crippen molar-refractivity contribution in [2.24, 2.45) is 0 Å². The van der Waals surface area contributed by atoms with Crippen LogP contribution in [0.2, 0.25) is 10.0 Å². The number of hydrogen-bond donors (Lipinski definition) is 2. The van der Waals surface area contributed by atoms with Crippen molar-refractivity contribution in [1.82, 2.24) is 10.6 Å². The molecule has 6 nitrogen and oxygen atoms in total. The highest BCUT2D eigenvalue weighted by Crippen LogP contribution is 2.25. The van der Waals surface area contributed by atoms with Crippen LogP contribution >= 0.6 is 23.2 Å². The predicted octanol–water partition coefficient (Wildman–Crippen LogP) is 3.63. The number of halogens is 2. The number of ether oxygens (including phenoxy) is 1. The van der Waals surface area contributed by atoms with Crippen molar-refractivity contribution < 1.29 is 19.1 Å². The van der Waals surface area contributed by atoms with Crippen LogP contribution in [0.3, 0.4) is 0 Å². The molecule has 2 rings (SSSR count). The molecule has 0 radical (unpaired) electrons. The summed E-state index contributed by atoms with van der Waals surface area (Å²) in [7, 11) is 0. The minimum atomic E-state index is -1.11. The van der Waals surface area contributed by atoms with Crippen molar-refractivity contribution >= 4 is 41.1 Å². The fourth-order valence-electron chi connectivity index (χ4n) is 2.82. The number of carbonyl (C=O) groups is 3. The van der Waals surface area contributed by atoms with Gasteiger partial charge in [0, 0.05) is 21.7 Å². The Morgan fingerprint density at radius 1 is 1.15 bits per heavy atom. The summed E-state index contributed by atoms with van der Waals surface area (Å²) in [5.41, 5.74) is 0.434. The first-order valence-corrected chi connectivity index (χ1v) is 9.36. The number of carbonyl (C=O) groups excluding carboxylic acids is 3. The molecule has 0 spiro atoms. The molecule has 1 aliphatic carbocycles. The van der Waals surface area contributed by atoms with E-state index in [0.29, 0.717) is 15.6 Å². The van der Waals surface area contributed by atoms with E-state index < -0.39 is 24.0 Å². The monoisotopic (exact) mass is 400 g/mol. The number of amides is 3. The molecule has 1 aliphatic rings.